The van der Waals surface area contributed by atoms with Crippen LogP contribution in [0.25, 0.3) is 0 Å². The second kappa shape index (κ2) is 8.48. The topological polar surface area (TPSA) is 66.4 Å². The molecule has 1 aromatic heterocycles. The van der Waals surface area contributed by atoms with Crippen LogP contribution in [-0.2, 0) is 22.1 Å². The van der Waals surface area contributed by atoms with Gasteiger partial charge in [-0.25, -0.2) is 0 Å². The number of carbonyl (C=O) groups is 2. The summed E-state index contributed by atoms with van der Waals surface area (Å²) in [6.07, 6.45) is 2.72. The number of fused-ring (bicyclic) bond motifs is 2. The first-order valence-corrected chi connectivity index (χ1v) is 12.2. The number of hydrogen-bond acceptors (Lipinski definition) is 3. The Bertz CT molecular complexity index is 1070. The minimum Gasteiger partial charge on any atom is -0.354 e. The van der Waals surface area contributed by atoms with Gasteiger partial charge in [0.1, 0.15) is 5.41 Å². The largest absolute Gasteiger partial charge is 0.354 e. The molecule has 7 heteroatoms. The number of benzene rings is 1. The second-order valence-electron chi connectivity index (χ2n) is 10.5. The summed E-state index contributed by atoms with van der Waals surface area (Å²) in [6.45, 7) is 11.8. The number of amides is 2. The number of aromatic nitrogens is 1. The molecule has 1 saturated heterocycles. The number of rotatable bonds is 5. The number of carbonyl (C=O) groups excluding carboxylic acids is 2. The van der Waals surface area contributed by atoms with E-state index in [0.717, 1.165) is 23.4 Å². The van der Waals surface area contributed by atoms with Crippen LogP contribution >= 0.6 is 11.6 Å². The fourth-order valence-corrected chi connectivity index (χ4v) is 6.06. The fraction of sp³-hybridized carbons (Fsp3) is 0.538. The van der Waals surface area contributed by atoms with Crippen LogP contribution in [0.15, 0.2) is 36.5 Å². The highest BCUT2D eigenvalue weighted by molar-refractivity contribution is 6.31. The molecule has 0 radical (unpaired) electrons. The van der Waals surface area contributed by atoms with Crippen LogP contribution in [0.3, 0.4) is 0 Å². The zero-order chi connectivity index (χ0) is 24.1. The van der Waals surface area contributed by atoms with Crippen LogP contribution in [0, 0.1) is 5.41 Å². The van der Waals surface area contributed by atoms with Gasteiger partial charge in [0.15, 0.2) is 0 Å². The summed E-state index contributed by atoms with van der Waals surface area (Å²) in [4.78, 5) is 29.7. The van der Waals surface area contributed by atoms with Crippen LogP contribution in [0.2, 0.25) is 5.02 Å². The Morgan fingerprint density at radius 3 is 2.48 bits per heavy atom. The van der Waals surface area contributed by atoms with E-state index in [2.05, 4.69) is 31.4 Å². The van der Waals surface area contributed by atoms with Gasteiger partial charge in [-0.3, -0.25) is 9.59 Å². The number of nitrogens with one attached hydrogen (secondary N) is 2. The van der Waals surface area contributed by atoms with E-state index in [1.54, 1.807) is 0 Å². The molecule has 1 spiro atoms. The molecule has 2 aliphatic rings. The van der Waals surface area contributed by atoms with E-state index < -0.39 is 11.5 Å². The van der Waals surface area contributed by atoms with Crippen molar-refractivity contribution in [3.8, 4) is 0 Å². The van der Waals surface area contributed by atoms with Crippen LogP contribution in [-0.4, -0.2) is 46.5 Å². The predicted octanol–water partition coefficient (Wildman–Crippen LogP) is 4.30. The Labute approximate surface area is 201 Å². The second-order valence-corrected chi connectivity index (χ2v) is 10.9. The molecule has 33 heavy (non-hydrogen) atoms. The maximum atomic E-state index is 14.0. The predicted molar refractivity (Wildman–Crippen MR) is 133 cm³/mol. The molecule has 4 rings (SSSR count). The zero-order valence-corrected chi connectivity index (χ0v) is 21.2. The molecule has 2 aliphatic heterocycles. The first-order chi connectivity index (χ1) is 15.5. The average Bonchev–Trinajstić information content (AvgIpc) is 3.37. The van der Waals surface area contributed by atoms with E-state index in [9.17, 15) is 9.59 Å². The molecule has 2 aromatic rings. The molecule has 0 bridgehead atoms. The molecule has 1 aromatic carbocycles. The van der Waals surface area contributed by atoms with Gasteiger partial charge in [0.25, 0.3) is 0 Å². The third-order valence-corrected chi connectivity index (χ3v) is 7.50. The maximum absolute atomic E-state index is 14.0. The Balaban J connectivity index is 1.99. The summed E-state index contributed by atoms with van der Waals surface area (Å²) in [6, 6.07) is 8.92. The van der Waals surface area contributed by atoms with Crippen molar-refractivity contribution < 1.29 is 9.59 Å². The minimum atomic E-state index is -0.924. The molecule has 4 atom stereocenters. The molecular weight excluding hydrogens is 436 g/mol. The third-order valence-electron chi connectivity index (χ3n) is 7.27. The van der Waals surface area contributed by atoms with Crippen molar-refractivity contribution in [1.82, 2.24) is 14.8 Å². The van der Waals surface area contributed by atoms with Gasteiger partial charge in [-0.1, -0.05) is 38.4 Å². The average molecular weight is 471 g/mol. The number of nitrogens with zero attached hydrogens (tertiary/aromatic N) is 2. The van der Waals surface area contributed by atoms with Gasteiger partial charge in [-0.2, -0.15) is 0 Å². The van der Waals surface area contributed by atoms with E-state index in [1.807, 2.05) is 66.9 Å². The van der Waals surface area contributed by atoms with Crippen molar-refractivity contribution in [3.05, 3.63) is 52.8 Å². The van der Waals surface area contributed by atoms with E-state index in [-0.39, 0.29) is 29.2 Å². The first kappa shape index (κ1) is 23.8. The lowest BCUT2D eigenvalue weighted by Gasteiger charge is -2.37. The fourth-order valence-electron chi connectivity index (χ4n) is 5.89. The molecule has 4 unspecified atom stereocenters. The molecule has 2 N–H and O–H groups in total. The van der Waals surface area contributed by atoms with Gasteiger partial charge in [0, 0.05) is 54.7 Å². The van der Waals surface area contributed by atoms with Gasteiger partial charge >= 0.3 is 0 Å². The highest BCUT2D eigenvalue weighted by Crippen LogP contribution is 2.56. The Morgan fingerprint density at radius 1 is 1.21 bits per heavy atom. The van der Waals surface area contributed by atoms with E-state index in [1.165, 1.54) is 0 Å². The number of aryl methyl sites for hydroxylation is 1. The standard InChI is InChI=1S/C26H35ClN4O2/c1-7-31(8-2)23(32)22-21(19-10-9-13-30(19)6)26(20(29-22)15-25(3,4)5)17-12-11-16(27)14-18(17)28-24(26)33/h9-14,20-22,29H,7-8,15H2,1-6H3,(H,28,33). The van der Waals surface area contributed by atoms with Crippen molar-refractivity contribution >= 4 is 29.1 Å². The summed E-state index contributed by atoms with van der Waals surface area (Å²) in [7, 11) is 1.98. The summed E-state index contributed by atoms with van der Waals surface area (Å²) >= 11 is 6.30. The van der Waals surface area contributed by atoms with Gasteiger partial charge in [0.2, 0.25) is 11.8 Å². The van der Waals surface area contributed by atoms with Gasteiger partial charge in [0.05, 0.1) is 6.04 Å². The summed E-state index contributed by atoms with van der Waals surface area (Å²) in [5, 5.41) is 7.38. The van der Waals surface area contributed by atoms with E-state index in [4.69, 9.17) is 11.6 Å². The Morgan fingerprint density at radius 2 is 1.91 bits per heavy atom. The number of halogens is 1. The molecule has 3 heterocycles. The summed E-state index contributed by atoms with van der Waals surface area (Å²) < 4.78 is 2.04. The number of likely N-dealkylation sites (N-methyl/N-ethyl adjacent to an activating group) is 1. The molecule has 6 nitrogen and oxygen atoms in total. The monoisotopic (exact) mass is 470 g/mol. The zero-order valence-electron chi connectivity index (χ0n) is 20.4. The lowest BCUT2D eigenvalue weighted by atomic mass is 9.63. The Hall–Kier alpha value is -2.31. The minimum absolute atomic E-state index is 0.0391. The highest BCUT2D eigenvalue weighted by Gasteiger charge is 2.66. The van der Waals surface area contributed by atoms with Gasteiger partial charge in [-0.05, 0) is 55.5 Å². The maximum Gasteiger partial charge on any atom is 0.240 e. The van der Waals surface area contributed by atoms with Gasteiger partial charge in [-0.15, -0.1) is 0 Å². The molecular formula is C26H35ClN4O2. The quantitative estimate of drug-likeness (QED) is 0.684. The van der Waals surface area contributed by atoms with Gasteiger partial charge < -0.3 is 20.1 Å². The molecule has 178 valence electrons. The molecule has 0 aliphatic carbocycles. The van der Waals surface area contributed by atoms with Crippen molar-refractivity contribution in [3.63, 3.8) is 0 Å². The SMILES string of the molecule is CCN(CC)C(=O)C1NC(CC(C)(C)C)C2(C(=O)Nc3cc(Cl)ccc32)C1c1cccn1C. The van der Waals surface area contributed by atoms with Crippen LogP contribution in [0.1, 0.15) is 58.2 Å². The lowest BCUT2D eigenvalue weighted by Crippen LogP contribution is -2.49. The number of hydrogen-bond donors (Lipinski definition) is 2. The Kier molecular flexibility index (Phi) is 6.12. The lowest BCUT2D eigenvalue weighted by molar-refractivity contribution is -0.133. The van der Waals surface area contributed by atoms with Crippen LogP contribution < -0.4 is 10.6 Å². The summed E-state index contributed by atoms with van der Waals surface area (Å²) in [5.41, 5.74) is 1.66. The highest BCUT2D eigenvalue weighted by atomic mass is 35.5. The van der Waals surface area contributed by atoms with Crippen molar-refractivity contribution in [1.29, 1.82) is 0 Å². The normalized spacial score (nSPS) is 26.5. The van der Waals surface area contributed by atoms with Crippen molar-refractivity contribution in [2.75, 3.05) is 18.4 Å². The number of anilines is 1. The first-order valence-electron chi connectivity index (χ1n) is 11.8. The molecule has 1 fully saturated rings. The molecule has 2 amide bonds. The summed E-state index contributed by atoms with van der Waals surface area (Å²) in [5.74, 6) is -0.389. The van der Waals surface area contributed by atoms with E-state index >= 15 is 0 Å². The van der Waals surface area contributed by atoms with Crippen molar-refractivity contribution in [2.45, 2.75) is 64.5 Å². The van der Waals surface area contributed by atoms with Crippen LogP contribution in [0.5, 0.6) is 0 Å². The smallest absolute Gasteiger partial charge is 0.240 e. The third kappa shape index (κ3) is 3.77. The molecule has 0 saturated carbocycles. The van der Waals surface area contributed by atoms with Crippen molar-refractivity contribution in [2.24, 2.45) is 12.5 Å². The van der Waals surface area contributed by atoms with Crippen LogP contribution in [0.4, 0.5) is 5.69 Å². The van der Waals surface area contributed by atoms with E-state index in [0.29, 0.717) is 18.1 Å².